The van der Waals surface area contributed by atoms with Gasteiger partial charge in [-0.2, -0.15) is 0 Å². The molecule has 0 bridgehead atoms. The normalized spacial score (nSPS) is 11.4. The van der Waals surface area contributed by atoms with Gasteiger partial charge in [0.2, 0.25) is 11.8 Å². The number of hydrogen-bond donors (Lipinski definition) is 5. The number of benzene rings is 6. The highest BCUT2D eigenvalue weighted by Gasteiger charge is 2.21. The van der Waals surface area contributed by atoms with Gasteiger partial charge in [0.15, 0.2) is 0 Å². The summed E-state index contributed by atoms with van der Waals surface area (Å²) < 4.78 is 0. The Morgan fingerprint density at radius 1 is 0.348 bits per heavy atom. The Labute approximate surface area is 410 Å². The summed E-state index contributed by atoms with van der Waals surface area (Å²) in [7, 11) is 0. The summed E-state index contributed by atoms with van der Waals surface area (Å²) in [6.45, 7) is 3.00. The minimum absolute atomic E-state index is 0. The van der Waals surface area contributed by atoms with E-state index in [-0.39, 0.29) is 37.1 Å². The van der Waals surface area contributed by atoms with Crippen LogP contribution in [0.15, 0.2) is 146 Å². The van der Waals surface area contributed by atoms with Crippen molar-refractivity contribution >= 4 is 107 Å². The molecule has 2 amide bonds. The van der Waals surface area contributed by atoms with Crippen molar-refractivity contribution in [2.45, 2.75) is 83.1 Å². The van der Waals surface area contributed by atoms with Gasteiger partial charge in [-0.3, -0.25) is 9.59 Å². The van der Waals surface area contributed by atoms with E-state index in [1.807, 2.05) is 72.8 Å². The molecule has 0 fully saturated rings. The standard InChI is InChI=1S/C58H62N8O2.ClH/c67-54(59-35-19-3-1-5-21-37-61-56-42-23-7-13-29-48(42)64-49-30-14-8-24-43(49)56)39-41(63-58-46-27-11-17-33-52(46)66-53-34-18-12-28-47(53)58)40-55(68)60-36-20-4-2-6-22-38-62-57-44-25-9-15-31-50(44)65-51-32-16-10-26-45(51)57;/h7-18,23-34,41H,1-6,19-22,35-40H2,(H,59,67)(H,60,68)(H,61,64)(H,62,65)(H,63,66);1H. The van der Waals surface area contributed by atoms with Crippen LogP contribution in [0.2, 0.25) is 0 Å². The fraction of sp³-hybridized carbons (Fsp3) is 0.293. The molecule has 0 radical (unpaired) electrons. The van der Waals surface area contributed by atoms with Gasteiger partial charge in [-0.15, -0.1) is 12.4 Å². The van der Waals surface area contributed by atoms with Crippen LogP contribution in [-0.2, 0) is 9.59 Å². The van der Waals surface area contributed by atoms with E-state index in [1.165, 1.54) is 0 Å². The molecule has 0 atom stereocenters. The van der Waals surface area contributed by atoms with Crippen molar-refractivity contribution in [2.75, 3.05) is 42.1 Å². The Hall–Kier alpha value is -7.04. The van der Waals surface area contributed by atoms with Crippen LogP contribution >= 0.6 is 12.4 Å². The number of aromatic nitrogens is 3. The predicted molar refractivity (Wildman–Crippen MR) is 291 cm³/mol. The number of pyridine rings is 3. The Kier molecular flexibility index (Phi) is 17.1. The lowest BCUT2D eigenvalue weighted by atomic mass is 10.0. The highest BCUT2D eigenvalue weighted by Crippen LogP contribution is 2.34. The van der Waals surface area contributed by atoms with Gasteiger partial charge in [0.1, 0.15) is 0 Å². The minimum atomic E-state index is -0.409. The number of nitrogens with one attached hydrogen (secondary N) is 5. The molecule has 0 unspecified atom stereocenters. The van der Waals surface area contributed by atoms with E-state index in [0.29, 0.717) is 13.1 Å². The van der Waals surface area contributed by atoms with Crippen LogP contribution in [0.1, 0.15) is 77.0 Å². The average Bonchev–Trinajstić information content (AvgIpc) is 3.36. The minimum Gasteiger partial charge on any atom is -0.384 e. The lowest BCUT2D eigenvalue weighted by Gasteiger charge is -2.22. The number of hydrogen-bond acceptors (Lipinski definition) is 8. The first kappa shape index (κ1) is 48.4. The van der Waals surface area contributed by atoms with Gasteiger partial charge in [0.25, 0.3) is 0 Å². The molecule has 0 aliphatic carbocycles. The Balaban J connectivity index is 0.00000642. The maximum atomic E-state index is 13.5. The summed E-state index contributed by atoms with van der Waals surface area (Å²) in [6.07, 6.45) is 10.8. The van der Waals surface area contributed by atoms with E-state index in [0.717, 1.165) is 160 Å². The molecule has 354 valence electrons. The van der Waals surface area contributed by atoms with Crippen molar-refractivity contribution in [1.29, 1.82) is 0 Å². The summed E-state index contributed by atoms with van der Waals surface area (Å²) >= 11 is 0. The Morgan fingerprint density at radius 3 is 0.928 bits per heavy atom. The van der Waals surface area contributed by atoms with Crippen LogP contribution < -0.4 is 26.6 Å². The van der Waals surface area contributed by atoms with Gasteiger partial charge >= 0.3 is 0 Å². The number of rotatable bonds is 24. The van der Waals surface area contributed by atoms with Crippen LogP contribution in [-0.4, -0.2) is 59.0 Å². The second kappa shape index (κ2) is 24.3. The van der Waals surface area contributed by atoms with Gasteiger partial charge in [-0.1, -0.05) is 148 Å². The Morgan fingerprint density at radius 2 is 0.609 bits per heavy atom. The first-order valence-electron chi connectivity index (χ1n) is 24.7. The zero-order chi connectivity index (χ0) is 46.3. The molecule has 3 aromatic heterocycles. The van der Waals surface area contributed by atoms with Crippen LogP contribution in [0.25, 0.3) is 65.4 Å². The molecule has 9 rings (SSSR count). The smallest absolute Gasteiger partial charge is 0.222 e. The first-order valence-corrected chi connectivity index (χ1v) is 24.7. The van der Waals surface area contributed by atoms with Crippen molar-refractivity contribution in [3.8, 4) is 0 Å². The van der Waals surface area contributed by atoms with Crippen molar-refractivity contribution in [3.05, 3.63) is 146 Å². The number of fused-ring (bicyclic) bond motifs is 6. The Bertz CT molecular complexity index is 2850. The SMILES string of the molecule is Cl.O=C(CC(CC(=O)NCCCCCCCNc1c2ccccc2nc2ccccc12)Nc1c2ccccc2nc2ccccc12)NCCCCCCCNc1c2ccccc2nc2ccccc12. The summed E-state index contributed by atoms with van der Waals surface area (Å²) in [6, 6.07) is 48.9. The van der Waals surface area contributed by atoms with Crippen molar-refractivity contribution in [1.82, 2.24) is 25.6 Å². The van der Waals surface area contributed by atoms with Gasteiger partial charge in [0.05, 0.1) is 50.2 Å². The summed E-state index contributed by atoms with van der Waals surface area (Å²) in [5.74, 6) is -0.113. The van der Waals surface area contributed by atoms with Crippen LogP contribution in [0.3, 0.4) is 0 Å². The third-order valence-electron chi connectivity index (χ3n) is 12.9. The summed E-state index contributed by atoms with van der Waals surface area (Å²) in [5, 5.41) is 23.9. The van der Waals surface area contributed by atoms with Gasteiger partial charge in [-0.05, 0) is 62.1 Å². The number of anilines is 3. The molecule has 69 heavy (non-hydrogen) atoms. The average molecular weight is 940 g/mol. The largest absolute Gasteiger partial charge is 0.384 e. The molecule has 6 aromatic carbocycles. The van der Waals surface area contributed by atoms with Crippen LogP contribution in [0.5, 0.6) is 0 Å². The van der Waals surface area contributed by atoms with Crippen molar-refractivity contribution < 1.29 is 9.59 Å². The fourth-order valence-electron chi connectivity index (χ4n) is 9.47. The van der Waals surface area contributed by atoms with E-state index in [9.17, 15) is 9.59 Å². The second-order valence-electron chi connectivity index (χ2n) is 17.9. The summed E-state index contributed by atoms with van der Waals surface area (Å²) in [4.78, 5) is 41.7. The molecule has 9 aromatic rings. The number of halogens is 1. The van der Waals surface area contributed by atoms with Gasteiger partial charge in [-0.25, -0.2) is 15.0 Å². The maximum Gasteiger partial charge on any atom is 0.222 e. The van der Waals surface area contributed by atoms with E-state index in [2.05, 4.69) is 99.4 Å². The zero-order valence-corrected chi connectivity index (χ0v) is 40.1. The molecule has 10 nitrogen and oxygen atoms in total. The molecular weight excluding hydrogens is 876 g/mol. The van der Waals surface area contributed by atoms with E-state index < -0.39 is 6.04 Å². The third kappa shape index (κ3) is 12.4. The molecule has 3 heterocycles. The van der Waals surface area contributed by atoms with Gasteiger partial charge in [0, 0.05) is 77.4 Å². The van der Waals surface area contributed by atoms with Crippen LogP contribution in [0.4, 0.5) is 17.1 Å². The van der Waals surface area contributed by atoms with Crippen LogP contribution in [0, 0.1) is 0 Å². The highest BCUT2D eigenvalue weighted by atomic mass is 35.5. The second-order valence-corrected chi connectivity index (χ2v) is 17.9. The molecule has 0 aliphatic heterocycles. The lowest BCUT2D eigenvalue weighted by molar-refractivity contribution is -0.122. The monoisotopic (exact) mass is 938 g/mol. The van der Waals surface area contributed by atoms with Crippen molar-refractivity contribution in [3.63, 3.8) is 0 Å². The third-order valence-corrected chi connectivity index (χ3v) is 12.9. The maximum absolute atomic E-state index is 13.5. The topological polar surface area (TPSA) is 133 Å². The van der Waals surface area contributed by atoms with E-state index in [4.69, 9.17) is 15.0 Å². The molecular formula is C58H63ClN8O2. The molecule has 11 heteroatoms. The van der Waals surface area contributed by atoms with E-state index >= 15 is 0 Å². The molecule has 0 saturated carbocycles. The lowest BCUT2D eigenvalue weighted by Crippen LogP contribution is -2.36. The number of unbranched alkanes of at least 4 members (excludes halogenated alkanes) is 8. The van der Waals surface area contributed by atoms with Gasteiger partial charge < -0.3 is 26.6 Å². The highest BCUT2D eigenvalue weighted by molar-refractivity contribution is 6.09. The molecule has 5 N–H and O–H groups in total. The fourth-order valence-corrected chi connectivity index (χ4v) is 9.47. The quantitative estimate of drug-likeness (QED) is 0.0299. The molecule has 0 spiro atoms. The molecule has 0 saturated heterocycles. The van der Waals surface area contributed by atoms with Crippen molar-refractivity contribution in [2.24, 2.45) is 0 Å². The number of nitrogens with zero attached hydrogens (tertiary/aromatic N) is 3. The number of para-hydroxylation sites is 6. The van der Waals surface area contributed by atoms with E-state index in [1.54, 1.807) is 0 Å². The number of amides is 2. The number of carbonyl (C=O) groups is 2. The summed E-state index contributed by atoms with van der Waals surface area (Å²) in [5.41, 5.74) is 8.95. The predicted octanol–water partition coefficient (Wildman–Crippen LogP) is 13.1. The molecule has 0 aliphatic rings. The zero-order valence-electron chi connectivity index (χ0n) is 39.3. The number of carbonyl (C=O) groups excluding carboxylic acids is 2. The first-order chi connectivity index (χ1) is 33.6.